The van der Waals surface area contributed by atoms with Crippen molar-refractivity contribution in [1.82, 2.24) is 15.4 Å². The zero-order valence-electron chi connectivity index (χ0n) is 17.6. The molecule has 0 aliphatic heterocycles. The van der Waals surface area contributed by atoms with Crippen LogP contribution >= 0.6 is 11.3 Å². The highest BCUT2D eigenvalue weighted by atomic mass is 32.2. The Morgan fingerprint density at radius 3 is 2.28 bits per heavy atom. The molecule has 3 rings (SSSR count). The fourth-order valence-corrected chi connectivity index (χ4v) is 4.61. The van der Waals surface area contributed by atoms with E-state index >= 15 is 0 Å². The second-order valence-electron chi connectivity index (χ2n) is 7.14. The van der Waals surface area contributed by atoms with Gasteiger partial charge in [-0.15, -0.1) is 11.3 Å². The summed E-state index contributed by atoms with van der Waals surface area (Å²) in [6.07, 6.45) is 0.333. The molecule has 0 unspecified atom stereocenters. The molecule has 1 heterocycles. The Balaban J connectivity index is 1.73. The number of nitrogens with one attached hydrogen (secondary N) is 3. The number of sulfonamides is 1. The Morgan fingerprint density at radius 2 is 1.62 bits per heavy atom. The summed E-state index contributed by atoms with van der Waals surface area (Å²) in [6.45, 7) is 0.147. The molecule has 7 nitrogen and oxygen atoms in total. The van der Waals surface area contributed by atoms with Gasteiger partial charge in [-0.2, -0.15) is 0 Å². The largest absolute Gasteiger partial charge is 0.350 e. The molecule has 1 aromatic heterocycles. The van der Waals surface area contributed by atoms with Gasteiger partial charge in [0.05, 0.1) is 10.6 Å². The molecule has 3 N–H and O–H groups in total. The Kier molecular flexibility index (Phi) is 8.15. The van der Waals surface area contributed by atoms with E-state index in [1.165, 1.54) is 18.4 Å². The van der Waals surface area contributed by atoms with Crippen molar-refractivity contribution in [3.63, 3.8) is 0 Å². The number of benzene rings is 2. The van der Waals surface area contributed by atoms with Gasteiger partial charge in [-0.1, -0.05) is 60.7 Å². The van der Waals surface area contributed by atoms with Crippen LogP contribution in [0.15, 0.2) is 72.1 Å². The third-order valence-corrected chi connectivity index (χ3v) is 7.06. The van der Waals surface area contributed by atoms with Gasteiger partial charge in [0.2, 0.25) is 15.9 Å². The molecule has 1 atom stereocenters. The summed E-state index contributed by atoms with van der Waals surface area (Å²) < 4.78 is 26.2. The maximum Gasteiger partial charge on any atom is 0.262 e. The molecule has 32 heavy (non-hydrogen) atoms. The van der Waals surface area contributed by atoms with Gasteiger partial charge in [0.1, 0.15) is 6.04 Å². The van der Waals surface area contributed by atoms with E-state index in [4.69, 9.17) is 0 Å². The van der Waals surface area contributed by atoms with Crippen LogP contribution in [0.2, 0.25) is 0 Å². The average molecular weight is 472 g/mol. The molecule has 168 valence electrons. The Morgan fingerprint density at radius 1 is 0.938 bits per heavy atom. The van der Waals surface area contributed by atoms with Crippen LogP contribution in [0.4, 0.5) is 0 Å². The van der Waals surface area contributed by atoms with Gasteiger partial charge < -0.3 is 10.6 Å². The number of hydrogen-bond acceptors (Lipinski definition) is 5. The molecule has 0 aliphatic rings. The molecule has 2 aromatic carbocycles. The standard InChI is InChI=1S/C23H25N3O4S2/c1-24-32(29,30)16-19-11-6-5-10-18(19)15-25-22(27)20(14-17-8-3-2-4-9-17)26-23(28)21-12-7-13-31-21/h2-13,20,24H,14-16H2,1H3,(H,25,27)(H,26,28)/t20-/m0/s1. The third-order valence-electron chi connectivity index (χ3n) is 4.88. The monoisotopic (exact) mass is 471 g/mol. The molecule has 3 aromatic rings. The minimum absolute atomic E-state index is 0.147. The third kappa shape index (κ3) is 6.74. The summed E-state index contributed by atoms with van der Waals surface area (Å²) in [5.74, 6) is -0.834. The van der Waals surface area contributed by atoms with Crippen LogP contribution in [0.1, 0.15) is 26.4 Å². The first kappa shape index (κ1) is 23.6. The van der Waals surface area contributed by atoms with Crippen LogP contribution in [-0.2, 0) is 33.5 Å². The minimum atomic E-state index is -3.45. The van der Waals surface area contributed by atoms with Crippen molar-refractivity contribution in [1.29, 1.82) is 0 Å². The van der Waals surface area contributed by atoms with Gasteiger partial charge in [0.15, 0.2) is 0 Å². The number of thiophene rings is 1. The Bertz CT molecular complexity index is 1150. The molecule has 0 spiro atoms. The van der Waals surface area contributed by atoms with Gasteiger partial charge >= 0.3 is 0 Å². The summed E-state index contributed by atoms with van der Waals surface area (Å²) in [4.78, 5) is 26.1. The van der Waals surface area contributed by atoms with Crippen molar-refractivity contribution in [3.05, 3.63) is 93.7 Å². The molecular weight excluding hydrogens is 446 g/mol. The SMILES string of the molecule is CNS(=O)(=O)Cc1ccccc1CNC(=O)[C@H](Cc1ccccc1)NC(=O)c1cccs1. The molecule has 0 saturated carbocycles. The lowest BCUT2D eigenvalue weighted by molar-refractivity contribution is -0.123. The lowest BCUT2D eigenvalue weighted by Gasteiger charge is -2.19. The van der Waals surface area contributed by atoms with Gasteiger partial charge in [0, 0.05) is 13.0 Å². The van der Waals surface area contributed by atoms with E-state index in [2.05, 4.69) is 15.4 Å². The van der Waals surface area contributed by atoms with Gasteiger partial charge in [-0.05, 0) is 35.2 Å². The summed E-state index contributed by atoms with van der Waals surface area (Å²) >= 11 is 1.30. The predicted octanol–water partition coefficient (Wildman–Crippen LogP) is 2.45. The second-order valence-corrected chi connectivity index (χ2v) is 10.0. The number of carbonyl (C=O) groups excluding carboxylic acids is 2. The summed E-state index contributed by atoms with van der Waals surface area (Å²) in [7, 11) is -2.08. The smallest absolute Gasteiger partial charge is 0.262 e. The Labute approximate surface area is 191 Å². The second kappa shape index (κ2) is 11.0. The van der Waals surface area contributed by atoms with E-state index in [0.717, 1.165) is 5.56 Å². The van der Waals surface area contributed by atoms with Gasteiger partial charge in [-0.25, -0.2) is 13.1 Å². The van der Waals surface area contributed by atoms with Crippen molar-refractivity contribution < 1.29 is 18.0 Å². The zero-order valence-corrected chi connectivity index (χ0v) is 19.2. The first-order chi connectivity index (χ1) is 15.4. The molecule has 0 saturated heterocycles. The molecule has 0 radical (unpaired) electrons. The van der Waals surface area contributed by atoms with E-state index in [1.807, 2.05) is 30.3 Å². The van der Waals surface area contributed by atoms with E-state index in [-0.39, 0.29) is 24.1 Å². The summed E-state index contributed by atoms with van der Waals surface area (Å²) in [5, 5.41) is 7.47. The molecule has 0 bridgehead atoms. The Hall–Kier alpha value is -3.01. The molecular formula is C23H25N3O4S2. The van der Waals surface area contributed by atoms with E-state index in [1.54, 1.807) is 41.8 Å². The average Bonchev–Trinajstić information content (AvgIpc) is 3.33. The maximum atomic E-state index is 13.0. The highest BCUT2D eigenvalue weighted by Gasteiger charge is 2.23. The van der Waals surface area contributed by atoms with Crippen LogP contribution in [0.5, 0.6) is 0 Å². The van der Waals surface area contributed by atoms with Crippen LogP contribution in [0.3, 0.4) is 0 Å². The first-order valence-electron chi connectivity index (χ1n) is 10.0. The van der Waals surface area contributed by atoms with Crippen molar-refractivity contribution in [2.75, 3.05) is 7.05 Å². The topological polar surface area (TPSA) is 104 Å². The number of amides is 2. The normalized spacial score (nSPS) is 12.2. The number of hydrogen-bond donors (Lipinski definition) is 3. The summed E-state index contributed by atoms with van der Waals surface area (Å²) in [5.41, 5.74) is 2.21. The fraction of sp³-hybridized carbons (Fsp3) is 0.217. The van der Waals surface area contributed by atoms with E-state index < -0.39 is 16.1 Å². The number of carbonyl (C=O) groups is 2. The van der Waals surface area contributed by atoms with Crippen molar-refractivity contribution in [2.45, 2.75) is 24.8 Å². The van der Waals surface area contributed by atoms with Crippen molar-refractivity contribution >= 4 is 33.2 Å². The summed E-state index contributed by atoms with van der Waals surface area (Å²) in [6, 6.07) is 19.2. The predicted molar refractivity (Wildman–Crippen MR) is 126 cm³/mol. The van der Waals surface area contributed by atoms with Crippen LogP contribution in [-0.4, -0.2) is 33.3 Å². The minimum Gasteiger partial charge on any atom is -0.350 e. The van der Waals surface area contributed by atoms with Crippen LogP contribution in [0, 0.1) is 0 Å². The van der Waals surface area contributed by atoms with Crippen molar-refractivity contribution in [2.24, 2.45) is 0 Å². The molecule has 9 heteroatoms. The molecule has 0 aliphatic carbocycles. The lowest BCUT2D eigenvalue weighted by Crippen LogP contribution is -2.47. The van der Waals surface area contributed by atoms with Gasteiger partial charge in [-0.3, -0.25) is 9.59 Å². The van der Waals surface area contributed by atoms with E-state index in [0.29, 0.717) is 22.4 Å². The highest BCUT2D eigenvalue weighted by molar-refractivity contribution is 7.88. The quantitative estimate of drug-likeness (QED) is 0.422. The first-order valence-corrected chi connectivity index (χ1v) is 12.5. The van der Waals surface area contributed by atoms with Crippen LogP contribution < -0.4 is 15.4 Å². The van der Waals surface area contributed by atoms with Crippen LogP contribution in [0.25, 0.3) is 0 Å². The maximum absolute atomic E-state index is 13.0. The lowest BCUT2D eigenvalue weighted by atomic mass is 10.0. The fourth-order valence-electron chi connectivity index (χ4n) is 3.15. The highest BCUT2D eigenvalue weighted by Crippen LogP contribution is 2.13. The molecule has 0 fully saturated rings. The molecule has 2 amide bonds. The van der Waals surface area contributed by atoms with Crippen molar-refractivity contribution in [3.8, 4) is 0 Å². The number of rotatable bonds is 10. The zero-order chi connectivity index (χ0) is 23.0. The van der Waals surface area contributed by atoms with E-state index in [9.17, 15) is 18.0 Å². The van der Waals surface area contributed by atoms with Gasteiger partial charge in [0.25, 0.3) is 5.91 Å².